The molecule has 0 saturated heterocycles. The molecule has 7 nitrogen and oxygen atoms in total. The SMILES string of the molecule is Cc1ccc(NC(=O)CSc2nnc(-c3ccco3)n2-n2cccc2)cc1C. The summed E-state index contributed by atoms with van der Waals surface area (Å²) in [5.74, 6) is 1.28. The van der Waals surface area contributed by atoms with Crippen LogP contribution in [0.2, 0.25) is 0 Å². The average Bonchev–Trinajstić information content (AvgIpc) is 3.43. The van der Waals surface area contributed by atoms with E-state index in [1.165, 1.54) is 17.3 Å². The van der Waals surface area contributed by atoms with E-state index >= 15 is 0 Å². The standard InChI is InChI=1S/C20H19N5O2S/c1-14-7-8-16(12-15(14)2)21-18(26)13-28-20-23-22-19(17-6-5-11-27-17)25(20)24-9-3-4-10-24/h3-12H,13H2,1-2H3,(H,21,26). The molecule has 4 rings (SSSR count). The molecule has 0 bridgehead atoms. The maximum absolute atomic E-state index is 12.4. The highest BCUT2D eigenvalue weighted by Gasteiger charge is 2.18. The molecule has 3 heterocycles. The predicted octanol–water partition coefficient (Wildman–Crippen LogP) is 4.00. The van der Waals surface area contributed by atoms with Crippen molar-refractivity contribution in [3.63, 3.8) is 0 Å². The van der Waals surface area contributed by atoms with Crippen molar-refractivity contribution in [1.82, 2.24) is 19.5 Å². The highest BCUT2D eigenvalue weighted by Crippen LogP contribution is 2.25. The number of carbonyl (C=O) groups excluding carboxylic acids is 1. The fourth-order valence-electron chi connectivity index (χ4n) is 2.73. The minimum Gasteiger partial charge on any atom is -0.461 e. The molecule has 4 aromatic rings. The molecule has 1 aromatic carbocycles. The molecular weight excluding hydrogens is 374 g/mol. The zero-order valence-corrected chi connectivity index (χ0v) is 16.3. The van der Waals surface area contributed by atoms with Crippen LogP contribution in [0.15, 0.2) is 70.7 Å². The highest BCUT2D eigenvalue weighted by molar-refractivity contribution is 7.99. The normalized spacial score (nSPS) is 10.9. The minimum atomic E-state index is -0.102. The molecule has 0 aliphatic rings. The van der Waals surface area contributed by atoms with E-state index in [-0.39, 0.29) is 11.7 Å². The molecule has 3 aromatic heterocycles. The molecule has 0 aliphatic carbocycles. The Kier molecular flexibility index (Phi) is 5.03. The van der Waals surface area contributed by atoms with Crippen LogP contribution in [0.5, 0.6) is 0 Å². The molecule has 1 N–H and O–H groups in total. The van der Waals surface area contributed by atoms with Crippen molar-refractivity contribution in [3.05, 3.63) is 72.2 Å². The maximum Gasteiger partial charge on any atom is 0.234 e. The summed E-state index contributed by atoms with van der Waals surface area (Å²) >= 11 is 1.31. The van der Waals surface area contributed by atoms with Crippen molar-refractivity contribution < 1.29 is 9.21 Å². The molecule has 1 amide bonds. The Labute approximate surface area is 166 Å². The van der Waals surface area contributed by atoms with Gasteiger partial charge in [0.05, 0.1) is 12.0 Å². The van der Waals surface area contributed by atoms with Crippen molar-refractivity contribution in [3.8, 4) is 11.6 Å². The van der Waals surface area contributed by atoms with Gasteiger partial charge in [-0.1, -0.05) is 17.8 Å². The van der Waals surface area contributed by atoms with Gasteiger partial charge in [-0.15, -0.1) is 10.2 Å². The van der Waals surface area contributed by atoms with Crippen molar-refractivity contribution in [2.75, 3.05) is 11.1 Å². The lowest BCUT2D eigenvalue weighted by molar-refractivity contribution is -0.113. The lowest BCUT2D eigenvalue weighted by atomic mass is 10.1. The van der Waals surface area contributed by atoms with Gasteiger partial charge in [-0.2, -0.15) is 0 Å². The number of carbonyl (C=O) groups is 1. The van der Waals surface area contributed by atoms with Crippen molar-refractivity contribution >= 4 is 23.4 Å². The van der Waals surface area contributed by atoms with E-state index in [1.807, 2.05) is 72.0 Å². The largest absolute Gasteiger partial charge is 0.461 e. The van der Waals surface area contributed by atoms with Gasteiger partial charge in [0.15, 0.2) is 5.76 Å². The molecule has 142 valence electrons. The van der Waals surface area contributed by atoms with Gasteiger partial charge in [0.1, 0.15) is 0 Å². The number of benzene rings is 1. The first-order valence-corrected chi connectivity index (χ1v) is 9.73. The van der Waals surface area contributed by atoms with E-state index in [0.717, 1.165) is 11.3 Å². The summed E-state index contributed by atoms with van der Waals surface area (Å²) < 4.78 is 9.13. The molecule has 0 fully saturated rings. The van der Waals surface area contributed by atoms with Crippen LogP contribution < -0.4 is 5.32 Å². The van der Waals surface area contributed by atoms with Gasteiger partial charge in [0, 0.05) is 18.1 Å². The Morgan fingerprint density at radius 3 is 2.64 bits per heavy atom. The van der Waals surface area contributed by atoms with Gasteiger partial charge in [0.2, 0.25) is 16.9 Å². The second-order valence-corrected chi connectivity index (χ2v) is 7.24. The molecule has 0 saturated carbocycles. The van der Waals surface area contributed by atoms with E-state index in [1.54, 1.807) is 12.3 Å². The zero-order valence-electron chi connectivity index (χ0n) is 15.5. The lowest BCUT2D eigenvalue weighted by Gasteiger charge is -2.10. The van der Waals surface area contributed by atoms with Crippen molar-refractivity contribution in [2.45, 2.75) is 19.0 Å². The second kappa shape index (κ2) is 7.77. The van der Waals surface area contributed by atoms with Crippen LogP contribution in [0, 0.1) is 13.8 Å². The van der Waals surface area contributed by atoms with Crippen LogP contribution in [0.1, 0.15) is 11.1 Å². The van der Waals surface area contributed by atoms with Crippen LogP contribution in [-0.2, 0) is 4.79 Å². The number of hydrogen-bond acceptors (Lipinski definition) is 5. The van der Waals surface area contributed by atoms with E-state index in [0.29, 0.717) is 16.7 Å². The molecule has 0 unspecified atom stereocenters. The maximum atomic E-state index is 12.4. The third kappa shape index (κ3) is 3.72. The van der Waals surface area contributed by atoms with E-state index < -0.39 is 0 Å². The Morgan fingerprint density at radius 1 is 1.11 bits per heavy atom. The third-order valence-electron chi connectivity index (χ3n) is 4.30. The summed E-state index contributed by atoms with van der Waals surface area (Å²) in [6.07, 6.45) is 5.36. The predicted molar refractivity (Wildman–Crippen MR) is 108 cm³/mol. The van der Waals surface area contributed by atoms with Gasteiger partial charge in [0.25, 0.3) is 0 Å². The zero-order chi connectivity index (χ0) is 19.5. The first-order valence-electron chi connectivity index (χ1n) is 8.74. The molecule has 0 atom stereocenters. The number of rotatable bonds is 6. The summed E-state index contributed by atoms with van der Waals surface area (Å²) in [5, 5.41) is 12.0. The minimum absolute atomic E-state index is 0.102. The summed E-state index contributed by atoms with van der Waals surface area (Å²) in [4.78, 5) is 12.4. The van der Waals surface area contributed by atoms with Crippen molar-refractivity contribution in [1.29, 1.82) is 0 Å². The highest BCUT2D eigenvalue weighted by atomic mass is 32.2. The molecular formula is C20H19N5O2S. The summed E-state index contributed by atoms with van der Waals surface area (Å²) in [6.45, 7) is 4.07. The van der Waals surface area contributed by atoms with Crippen LogP contribution in [0.4, 0.5) is 5.69 Å². The number of thioether (sulfide) groups is 1. The number of anilines is 1. The van der Waals surface area contributed by atoms with Crippen LogP contribution in [0.3, 0.4) is 0 Å². The Balaban J connectivity index is 1.52. The summed E-state index contributed by atoms with van der Waals surface area (Å²) in [5.41, 5.74) is 3.12. The average molecular weight is 393 g/mol. The number of furan rings is 1. The van der Waals surface area contributed by atoms with E-state index in [9.17, 15) is 4.79 Å². The number of amides is 1. The Bertz CT molecular complexity index is 1080. The molecule has 28 heavy (non-hydrogen) atoms. The van der Waals surface area contributed by atoms with Gasteiger partial charge in [-0.05, 0) is 61.4 Å². The Morgan fingerprint density at radius 2 is 1.93 bits per heavy atom. The van der Waals surface area contributed by atoms with Crippen LogP contribution in [0.25, 0.3) is 11.6 Å². The van der Waals surface area contributed by atoms with Crippen LogP contribution in [-0.4, -0.2) is 31.2 Å². The summed E-state index contributed by atoms with van der Waals surface area (Å²) in [7, 11) is 0. The number of aryl methyl sites for hydroxylation is 2. The van der Waals surface area contributed by atoms with E-state index in [4.69, 9.17) is 4.42 Å². The van der Waals surface area contributed by atoms with Gasteiger partial charge in [-0.25, -0.2) is 4.68 Å². The molecule has 0 spiro atoms. The number of nitrogens with one attached hydrogen (secondary N) is 1. The molecule has 0 radical (unpaired) electrons. The van der Waals surface area contributed by atoms with E-state index in [2.05, 4.69) is 15.5 Å². The number of nitrogens with zero attached hydrogens (tertiary/aromatic N) is 4. The fourth-order valence-corrected chi connectivity index (χ4v) is 3.46. The van der Waals surface area contributed by atoms with Gasteiger partial charge >= 0.3 is 0 Å². The summed E-state index contributed by atoms with van der Waals surface area (Å²) in [6, 6.07) is 13.3. The first-order chi connectivity index (χ1) is 13.6. The van der Waals surface area contributed by atoms with Gasteiger partial charge < -0.3 is 9.73 Å². The Hall–Kier alpha value is -3.26. The first kappa shape index (κ1) is 18.1. The fraction of sp³-hybridized carbons (Fsp3) is 0.150. The second-order valence-electron chi connectivity index (χ2n) is 6.29. The molecule has 0 aliphatic heterocycles. The quantitative estimate of drug-likeness (QED) is 0.501. The molecule has 8 heteroatoms. The van der Waals surface area contributed by atoms with Gasteiger partial charge in [-0.3, -0.25) is 9.47 Å². The number of aromatic nitrogens is 4. The van der Waals surface area contributed by atoms with Crippen molar-refractivity contribution in [2.24, 2.45) is 0 Å². The third-order valence-corrected chi connectivity index (χ3v) is 5.22. The smallest absolute Gasteiger partial charge is 0.234 e. The van der Waals surface area contributed by atoms with Crippen LogP contribution >= 0.6 is 11.8 Å². The lowest BCUT2D eigenvalue weighted by Crippen LogP contribution is -2.16. The topological polar surface area (TPSA) is 77.9 Å². The monoisotopic (exact) mass is 393 g/mol. The number of hydrogen-bond donors (Lipinski definition) is 1.